The van der Waals surface area contributed by atoms with Crippen molar-refractivity contribution in [1.29, 1.82) is 0 Å². The molecule has 0 unspecified atom stereocenters. The van der Waals surface area contributed by atoms with Crippen molar-refractivity contribution in [2.24, 2.45) is 0 Å². The molecule has 0 saturated heterocycles. The number of carbonyl (C=O) groups excluding carboxylic acids is 1. The average molecular weight is 335 g/mol. The Bertz CT molecular complexity index is 674. The summed E-state index contributed by atoms with van der Waals surface area (Å²) < 4.78 is 10.3. The molecule has 0 radical (unpaired) electrons. The van der Waals surface area contributed by atoms with Crippen molar-refractivity contribution in [1.82, 2.24) is 4.98 Å². The smallest absolute Gasteiger partial charge is 0.339 e. The quantitative estimate of drug-likeness (QED) is 0.756. The molecular weight excluding hydrogens is 316 g/mol. The third kappa shape index (κ3) is 4.36. The maximum Gasteiger partial charge on any atom is 0.339 e. The topological polar surface area (TPSA) is 51.7 Å². The summed E-state index contributed by atoms with van der Waals surface area (Å²) in [6.45, 7) is 2.69. The van der Waals surface area contributed by atoms with Gasteiger partial charge in [-0.05, 0) is 37.3 Å². The predicted molar refractivity (Wildman–Crippen MR) is 90.3 cm³/mol. The number of anilines is 1. The Hall–Kier alpha value is -2.27. The van der Waals surface area contributed by atoms with E-state index in [9.17, 15) is 4.79 Å². The van der Waals surface area contributed by atoms with Crippen molar-refractivity contribution in [3.8, 4) is 5.75 Å². The lowest BCUT2D eigenvalue weighted by molar-refractivity contribution is 0.0526. The van der Waals surface area contributed by atoms with Gasteiger partial charge < -0.3 is 14.4 Å². The third-order valence-electron chi connectivity index (χ3n) is 3.30. The molecule has 0 bridgehead atoms. The second-order valence-electron chi connectivity index (χ2n) is 4.94. The molecule has 2 aromatic rings. The Morgan fingerprint density at radius 3 is 2.70 bits per heavy atom. The van der Waals surface area contributed by atoms with Crippen molar-refractivity contribution in [2.75, 3.05) is 25.7 Å². The van der Waals surface area contributed by atoms with Crippen molar-refractivity contribution in [3.05, 3.63) is 52.7 Å². The number of ether oxygens (including phenoxy) is 2. The second-order valence-corrected chi connectivity index (χ2v) is 5.37. The minimum Gasteiger partial charge on any atom is -0.496 e. The number of hydrogen-bond acceptors (Lipinski definition) is 5. The van der Waals surface area contributed by atoms with E-state index in [-0.39, 0.29) is 5.97 Å². The third-order valence-corrected chi connectivity index (χ3v) is 3.54. The van der Waals surface area contributed by atoms with Crippen LogP contribution in [0, 0.1) is 0 Å². The van der Waals surface area contributed by atoms with E-state index in [0.717, 1.165) is 17.1 Å². The number of aromatic nitrogens is 1. The van der Waals surface area contributed by atoms with Crippen LogP contribution in [-0.2, 0) is 11.3 Å². The van der Waals surface area contributed by atoms with Crippen LogP contribution in [0.25, 0.3) is 0 Å². The first-order valence-electron chi connectivity index (χ1n) is 7.22. The number of pyridine rings is 1. The predicted octanol–water partition coefficient (Wildman–Crippen LogP) is 3.56. The molecule has 0 aliphatic rings. The maximum absolute atomic E-state index is 11.6. The summed E-state index contributed by atoms with van der Waals surface area (Å²) in [5.74, 6) is 1.13. The van der Waals surface area contributed by atoms with Crippen molar-refractivity contribution < 1.29 is 14.3 Å². The first-order chi connectivity index (χ1) is 11.0. The molecule has 1 aromatic heterocycles. The van der Waals surface area contributed by atoms with Gasteiger partial charge in [-0.1, -0.05) is 11.6 Å². The molecule has 0 atom stereocenters. The lowest BCUT2D eigenvalue weighted by Gasteiger charge is -2.20. The van der Waals surface area contributed by atoms with Crippen LogP contribution in [0.15, 0.2) is 36.5 Å². The molecule has 0 spiro atoms. The highest BCUT2D eigenvalue weighted by Crippen LogP contribution is 2.25. The van der Waals surface area contributed by atoms with E-state index in [2.05, 4.69) is 4.98 Å². The molecule has 0 saturated carbocycles. The summed E-state index contributed by atoms with van der Waals surface area (Å²) in [6.07, 6.45) is 1.51. The molecule has 122 valence electrons. The molecule has 5 nitrogen and oxygen atoms in total. The van der Waals surface area contributed by atoms with E-state index in [1.165, 1.54) is 6.20 Å². The van der Waals surface area contributed by atoms with Crippen LogP contribution in [0.1, 0.15) is 22.8 Å². The van der Waals surface area contributed by atoms with Crippen LogP contribution in [0.4, 0.5) is 5.82 Å². The van der Waals surface area contributed by atoms with E-state index in [1.54, 1.807) is 32.2 Å². The maximum atomic E-state index is 11.6. The fourth-order valence-electron chi connectivity index (χ4n) is 2.15. The SMILES string of the molecule is CCOC(=O)c1ccc(N(C)Cc2cc(Cl)ccc2OC)nc1. The lowest BCUT2D eigenvalue weighted by Crippen LogP contribution is -2.18. The highest BCUT2D eigenvalue weighted by atomic mass is 35.5. The Kier molecular flexibility index (Phi) is 5.82. The van der Waals surface area contributed by atoms with E-state index < -0.39 is 0 Å². The van der Waals surface area contributed by atoms with Gasteiger partial charge in [-0.2, -0.15) is 0 Å². The molecule has 1 heterocycles. The molecular formula is C17H19ClN2O3. The van der Waals surface area contributed by atoms with E-state index in [1.807, 2.05) is 24.1 Å². The zero-order chi connectivity index (χ0) is 16.8. The first-order valence-corrected chi connectivity index (χ1v) is 7.59. The van der Waals surface area contributed by atoms with Crippen LogP contribution in [0.2, 0.25) is 5.02 Å². The van der Waals surface area contributed by atoms with Gasteiger partial charge in [0.2, 0.25) is 0 Å². The van der Waals surface area contributed by atoms with E-state index >= 15 is 0 Å². The van der Waals surface area contributed by atoms with Crippen LogP contribution < -0.4 is 9.64 Å². The number of methoxy groups -OCH3 is 1. The number of halogens is 1. The Balaban J connectivity index is 2.13. The van der Waals surface area contributed by atoms with Crippen LogP contribution in [0.5, 0.6) is 5.75 Å². The van der Waals surface area contributed by atoms with Crippen LogP contribution in [0.3, 0.4) is 0 Å². The van der Waals surface area contributed by atoms with Gasteiger partial charge in [-0.15, -0.1) is 0 Å². The molecule has 23 heavy (non-hydrogen) atoms. The van der Waals surface area contributed by atoms with Crippen molar-refractivity contribution in [3.63, 3.8) is 0 Å². The minimum atomic E-state index is -0.370. The summed E-state index contributed by atoms with van der Waals surface area (Å²) in [5, 5.41) is 0.653. The zero-order valence-corrected chi connectivity index (χ0v) is 14.1. The molecule has 0 fully saturated rings. The molecule has 0 N–H and O–H groups in total. The number of esters is 1. The number of carbonyl (C=O) groups is 1. The molecule has 1 aromatic carbocycles. The Morgan fingerprint density at radius 1 is 1.30 bits per heavy atom. The standard InChI is InChI=1S/C17H19ClN2O3/c1-4-23-17(21)12-5-8-16(19-10-12)20(2)11-13-9-14(18)6-7-15(13)22-3/h5-10H,4,11H2,1-3H3. The lowest BCUT2D eigenvalue weighted by atomic mass is 10.2. The summed E-state index contributed by atoms with van der Waals surface area (Å²) >= 11 is 6.05. The molecule has 6 heteroatoms. The van der Waals surface area contributed by atoms with Gasteiger partial charge in [0.1, 0.15) is 11.6 Å². The fourth-order valence-corrected chi connectivity index (χ4v) is 2.35. The molecule has 0 aliphatic carbocycles. The summed E-state index contributed by atoms with van der Waals surface area (Å²) in [6, 6.07) is 8.97. The molecule has 0 aliphatic heterocycles. The van der Waals surface area contributed by atoms with Gasteiger partial charge in [0.15, 0.2) is 0 Å². The summed E-state index contributed by atoms with van der Waals surface area (Å²) in [4.78, 5) is 17.9. The normalized spacial score (nSPS) is 10.3. The van der Waals surface area contributed by atoms with Gasteiger partial charge >= 0.3 is 5.97 Å². The van der Waals surface area contributed by atoms with Gasteiger partial charge in [-0.25, -0.2) is 9.78 Å². The van der Waals surface area contributed by atoms with Gasteiger partial charge in [0, 0.05) is 30.4 Å². The van der Waals surface area contributed by atoms with Gasteiger partial charge in [0.25, 0.3) is 0 Å². The fraction of sp³-hybridized carbons (Fsp3) is 0.294. The first kappa shape index (κ1) is 17.1. The summed E-state index contributed by atoms with van der Waals surface area (Å²) in [7, 11) is 3.53. The highest BCUT2D eigenvalue weighted by Gasteiger charge is 2.11. The monoisotopic (exact) mass is 334 g/mol. The highest BCUT2D eigenvalue weighted by molar-refractivity contribution is 6.30. The van der Waals surface area contributed by atoms with Crippen LogP contribution >= 0.6 is 11.6 Å². The number of benzene rings is 1. The minimum absolute atomic E-state index is 0.342. The number of rotatable bonds is 6. The summed E-state index contributed by atoms with van der Waals surface area (Å²) in [5.41, 5.74) is 1.39. The van der Waals surface area contributed by atoms with Crippen LogP contribution in [-0.4, -0.2) is 31.7 Å². The largest absolute Gasteiger partial charge is 0.496 e. The molecule has 2 rings (SSSR count). The second kappa shape index (κ2) is 7.83. The van der Waals surface area contributed by atoms with Gasteiger partial charge in [-0.3, -0.25) is 0 Å². The Morgan fingerprint density at radius 2 is 2.09 bits per heavy atom. The molecule has 0 amide bonds. The van der Waals surface area contributed by atoms with E-state index in [0.29, 0.717) is 23.7 Å². The van der Waals surface area contributed by atoms with Crippen molar-refractivity contribution >= 4 is 23.4 Å². The van der Waals surface area contributed by atoms with E-state index in [4.69, 9.17) is 21.1 Å². The number of hydrogen-bond donors (Lipinski definition) is 0. The number of nitrogens with zero attached hydrogens (tertiary/aromatic N) is 2. The zero-order valence-electron chi connectivity index (χ0n) is 13.4. The van der Waals surface area contributed by atoms with Crippen molar-refractivity contribution in [2.45, 2.75) is 13.5 Å². The van der Waals surface area contributed by atoms with Gasteiger partial charge in [0.05, 0.1) is 19.3 Å². The average Bonchev–Trinajstić information content (AvgIpc) is 2.55. The Labute approximate surface area is 140 Å².